The molecule has 21 heavy (non-hydrogen) atoms. The molecule has 0 saturated carbocycles. The Bertz CT molecular complexity index is 559. The fraction of sp³-hybridized carbons (Fsp3) is 0.357. The summed E-state index contributed by atoms with van der Waals surface area (Å²) in [7, 11) is 0. The molecule has 2 N–H and O–H groups in total. The first kappa shape index (κ1) is 15.4. The summed E-state index contributed by atoms with van der Waals surface area (Å²) in [5.41, 5.74) is 1.02. The Labute approximate surface area is 126 Å². The van der Waals surface area contributed by atoms with Crippen molar-refractivity contribution >= 4 is 29.5 Å². The predicted molar refractivity (Wildman–Crippen MR) is 78.9 cm³/mol. The molecular formula is C14H16N2O4S. The maximum absolute atomic E-state index is 12.1. The smallest absolute Gasteiger partial charge is 0.335 e. The van der Waals surface area contributed by atoms with Crippen molar-refractivity contribution in [3.05, 3.63) is 35.4 Å². The molecule has 0 radical (unpaired) electrons. The second-order valence-corrected chi connectivity index (χ2v) is 5.72. The van der Waals surface area contributed by atoms with Crippen molar-refractivity contribution < 1.29 is 19.5 Å². The van der Waals surface area contributed by atoms with Crippen molar-refractivity contribution in [2.24, 2.45) is 0 Å². The fourth-order valence-corrected chi connectivity index (χ4v) is 3.26. The van der Waals surface area contributed by atoms with Crippen molar-refractivity contribution in [3.63, 3.8) is 0 Å². The molecule has 1 aromatic carbocycles. The topological polar surface area (TPSA) is 86.7 Å². The third-order valence-corrected chi connectivity index (χ3v) is 4.27. The molecule has 1 fully saturated rings. The van der Waals surface area contributed by atoms with Crippen LogP contribution >= 0.6 is 11.8 Å². The monoisotopic (exact) mass is 308 g/mol. The summed E-state index contributed by atoms with van der Waals surface area (Å²) in [6.07, 6.45) is 0. The van der Waals surface area contributed by atoms with Gasteiger partial charge in [0, 0.05) is 19.2 Å². The van der Waals surface area contributed by atoms with E-state index in [1.807, 2.05) is 0 Å². The Balaban J connectivity index is 1.91. The first-order valence-electron chi connectivity index (χ1n) is 6.44. The summed E-state index contributed by atoms with van der Waals surface area (Å²) in [6.45, 7) is 1.77. The fourth-order valence-electron chi connectivity index (χ4n) is 2.04. The van der Waals surface area contributed by atoms with E-state index in [1.165, 1.54) is 19.1 Å². The van der Waals surface area contributed by atoms with Gasteiger partial charge >= 0.3 is 5.97 Å². The number of hydrogen-bond acceptors (Lipinski definition) is 4. The number of rotatable bonds is 4. The molecule has 0 aromatic heterocycles. The molecule has 1 heterocycles. The van der Waals surface area contributed by atoms with Gasteiger partial charge in [-0.2, -0.15) is 0 Å². The standard InChI is InChI=1S/C14H16N2O4S/c1-9(17)16-8-21-7-12(16)13(18)15-6-10-2-4-11(5-3-10)14(19)20/h2-5,12H,6-8H2,1H3,(H,15,18)(H,19,20)/t12-/m0/s1. The van der Waals surface area contributed by atoms with Gasteiger partial charge in [0.05, 0.1) is 11.4 Å². The van der Waals surface area contributed by atoms with Gasteiger partial charge in [0.2, 0.25) is 11.8 Å². The molecular weight excluding hydrogens is 292 g/mol. The quantitative estimate of drug-likeness (QED) is 0.864. The second-order valence-electron chi connectivity index (χ2n) is 4.72. The Morgan fingerprint density at radius 3 is 2.57 bits per heavy atom. The van der Waals surface area contributed by atoms with Crippen LogP contribution in [0.3, 0.4) is 0 Å². The number of carboxylic acid groups (broad SMARTS) is 1. The second kappa shape index (κ2) is 6.62. The number of amides is 2. The van der Waals surface area contributed by atoms with Gasteiger partial charge in [0.25, 0.3) is 0 Å². The lowest BCUT2D eigenvalue weighted by atomic mass is 10.1. The molecule has 6 nitrogen and oxygen atoms in total. The first-order chi connectivity index (χ1) is 9.99. The van der Waals surface area contributed by atoms with E-state index in [0.717, 1.165) is 5.56 Å². The minimum absolute atomic E-state index is 0.106. The summed E-state index contributed by atoms with van der Waals surface area (Å²) < 4.78 is 0. The van der Waals surface area contributed by atoms with E-state index in [0.29, 0.717) is 18.2 Å². The number of aromatic carboxylic acids is 1. The maximum atomic E-state index is 12.1. The van der Waals surface area contributed by atoms with E-state index in [-0.39, 0.29) is 17.4 Å². The highest BCUT2D eigenvalue weighted by atomic mass is 32.2. The average Bonchev–Trinajstić information content (AvgIpc) is 2.95. The van der Waals surface area contributed by atoms with E-state index in [1.54, 1.807) is 28.8 Å². The summed E-state index contributed by atoms with van der Waals surface area (Å²) >= 11 is 1.55. The highest BCUT2D eigenvalue weighted by Gasteiger charge is 2.32. The number of carboxylic acids is 1. The summed E-state index contributed by atoms with van der Waals surface area (Å²) in [5, 5.41) is 11.6. The van der Waals surface area contributed by atoms with Gasteiger partial charge in [-0.05, 0) is 17.7 Å². The highest BCUT2D eigenvalue weighted by molar-refractivity contribution is 7.99. The van der Waals surface area contributed by atoms with E-state index >= 15 is 0 Å². The summed E-state index contributed by atoms with van der Waals surface area (Å²) in [4.78, 5) is 35.8. The molecule has 112 valence electrons. The lowest BCUT2D eigenvalue weighted by Crippen LogP contribution is -2.46. The molecule has 0 aliphatic carbocycles. The molecule has 0 bridgehead atoms. The SMILES string of the molecule is CC(=O)N1CSC[C@H]1C(=O)NCc1ccc(C(=O)O)cc1. The normalized spacial score (nSPS) is 17.6. The summed E-state index contributed by atoms with van der Waals surface area (Å²) in [6, 6.07) is 5.89. The average molecular weight is 308 g/mol. The minimum atomic E-state index is -0.981. The predicted octanol–water partition coefficient (Wildman–Crippen LogP) is 0.922. The van der Waals surface area contributed by atoms with Crippen LogP contribution in [0.4, 0.5) is 0 Å². The van der Waals surface area contributed by atoms with Gasteiger partial charge in [0.15, 0.2) is 0 Å². The number of carbonyl (C=O) groups excluding carboxylic acids is 2. The molecule has 2 amide bonds. The maximum Gasteiger partial charge on any atom is 0.335 e. The van der Waals surface area contributed by atoms with Gasteiger partial charge in [-0.3, -0.25) is 9.59 Å². The Hall–Kier alpha value is -2.02. The molecule has 2 rings (SSSR count). The van der Waals surface area contributed by atoms with Crippen LogP contribution in [0.15, 0.2) is 24.3 Å². The number of nitrogens with one attached hydrogen (secondary N) is 1. The minimum Gasteiger partial charge on any atom is -0.478 e. The van der Waals surface area contributed by atoms with E-state index in [4.69, 9.17) is 5.11 Å². The van der Waals surface area contributed by atoms with Crippen molar-refractivity contribution in [1.82, 2.24) is 10.2 Å². The molecule has 1 saturated heterocycles. The van der Waals surface area contributed by atoms with E-state index < -0.39 is 12.0 Å². The van der Waals surface area contributed by atoms with E-state index in [2.05, 4.69) is 5.32 Å². The largest absolute Gasteiger partial charge is 0.478 e. The molecule has 1 aromatic rings. The molecule has 1 atom stereocenters. The Morgan fingerprint density at radius 1 is 1.33 bits per heavy atom. The van der Waals surface area contributed by atoms with Gasteiger partial charge in [-0.25, -0.2) is 4.79 Å². The molecule has 1 aliphatic rings. The molecule has 0 spiro atoms. The Kier molecular flexibility index (Phi) is 4.85. The third kappa shape index (κ3) is 3.75. The van der Waals surface area contributed by atoms with Gasteiger partial charge < -0.3 is 15.3 Å². The lowest BCUT2D eigenvalue weighted by molar-refractivity contribution is -0.136. The first-order valence-corrected chi connectivity index (χ1v) is 7.59. The van der Waals surface area contributed by atoms with Crippen LogP contribution < -0.4 is 5.32 Å². The van der Waals surface area contributed by atoms with Gasteiger partial charge in [0.1, 0.15) is 6.04 Å². The van der Waals surface area contributed by atoms with Gasteiger partial charge in [-0.15, -0.1) is 11.8 Å². The zero-order chi connectivity index (χ0) is 15.4. The van der Waals surface area contributed by atoms with Crippen molar-refractivity contribution in [2.75, 3.05) is 11.6 Å². The van der Waals surface area contributed by atoms with Crippen LogP contribution in [0.5, 0.6) is 0 Å². The van der Waals surface area contributed by atoms with Crippen molar-refractivity contribution in [3.8, 4) is 0 Å². The number of nitrogens with zero attached hydrogens (tertiary/aromatic N) is 1. The van der Waals surface area contributed by atoms with E-state index in [9.17, 15) is 14.4 Å². The molecule has 1 aliphatic heterocycles. The third-order valence-electron chi connectivity index (χ3n) is 3.26. The molecule has 0 unspecified atom stereocenters. The van der Waals surface area contributed by atoms with Crippen LogP contribution in [0, 0.1) is 0 Å². The van der Waals surface area contributed by atoms with Crippen LogP contribution in [-0.2, 0) is 16.1 Å². The number of carbonyl (C=O) groups is 3. The van der Waals surface area contributed by atoms with Crippen LogP contribution in [0.1, 0.15) is 22.8 Å². The van der Waals surface area contributed by atoms with Crippen molar-refractivity contribution in [2.45, 2.75) is 19.5 Å². The van der Waals surface area contributed by atoms with Crippen LogP contribution in [0.25, 0.3) is 0 Å². The Morgan fingerprint density at radius 2 is 2.00 bits per heavy atom. The van der Waals surface area contributed by atoms with Crippen LogP contribution in [-0.4, -0.2) is 45.5 Å². The number of thioether (sulfide) groups is 1. The van der Waals surface area contributed by atoms with Crippen LogP contribution in [0.2, 0.25) is 0 Å². The van der Waals surface area contributed by atoms with Gasteiger partial charge in [-0.1, -0.05) is 12.1 Å². The summed E-state index contributed by atoms with van der Waals surface area (Å²) in [5.74, 6) is -0.126. The number of hydrogen-bond donors (Lipinski definition) is 2. The molecule has 7 heteroatoms. The van der Waals surface area contributed by atoms with Crippen molar-refractivity contribution in [1.29, 1.82) is 0 Å². The number of benzene rings is 1. The highest BCUT2D eigenvalue weighted by Crippen LogP contribution is 2.21. The zero-order valence-electron chi connectivity index (χ0n) is 11.5. The lowest BCUT2D eigenvalue weighted by Gasteiger charge is -2.21. The zero-order valence-corrected chi connectivity index (χ0v) is 12.4.